The van der Waals surface area contributed by atoms with Crippen LogP contribution < -0.4 is 17.1 Å². The van der Waals surface area contributed by atoms with Gasteiger partial charge >= 0.3 is 0 Å². The highest BCUT2D eigenvalue weighted by molar-refractivity contribution is 6.30. The van der Waals surface area contributed by atoms with Crippen molar-refractivity contribution in [3.8, 4) is 0 Å². The molecule has 0 aliphatic rings. The molecular weight excluding hydrogens is 341 g/mol. The Morgan fingerprint density at radius 3 is 2.46 bits per heavy atom. The predicted octanol–water partition coefficient (Wildman–Crippen LogP) is 0.926. The molecule has 0 unspecified atom stereocenters. The highest BCUT2D eigenvalue weighted by Crippen LogP contribution is 2.11. The highest BCUT2D eigenvalue weighted by atomic mass is 35.5. The molecule has 1 heterocycles. The average Bonchev–Trinajstić information content (AvgIpc) is 2.97. The maximum absolute atomic E-state index is 5.95. The molecule has 24 heavy (non-hydrogen) atoms. The van der Waals surface area contributed by atoms with E-state index in [9.17, 15) is 0 Å². The van der Waals surface area contributed by atoms with Crippen LogP contribution in [0.4, 0.5) is 0 Å². The third kappa shape index (κ3) is 4.47. The summed E-state index contributed by atoms with van der Waals surface area (Å²) in [6, 6.07) is 18.1. The molecule has 5 heteroatoms. The molecule has 0 radical (unpaired) electrons. The van der Waals surface area contributed by atoms with Crippen LogP contribution in [0.1, 0.15) is 23.9 Å². The number of halogens is 2. The van der Waals surface area contributed by atoms with Crippen LogP contribution in [0, 0.1) is 0 Å². The second-order valence-electron chi connectivity index (χ2n) is 5.32. The summed E-state index contributed by atoms with van der Waals surface area (Å²) in [5, 5.41) is 5.34. The van der Waals surface area contributed by atoms with Gasteiger partial charge in [-0.15, -0.1) is 4.68 Å². The van der Waals surface area contributed by atoms with Crippen LogP contribution in [0.3, 0.4) is 0 Å². The Balaban J connectivity index is 0.00000208. The zero-order valence-corrected chi connectivity index (χ0v) is 15.0. The van der Waals surface area contributed by atoms with Gasteiger partial charge in [0.05, 0.1) is 6.21 Å². The SMILES string of the molecule is CCc1n(Cc2ccc(Cl)cc2)cc[n+]1/N=C/c1ccccc1.[Cl-]. The third-order valence-electron chi connectivity index (χ3n) is 3.70. The summed E-state index contributed by atoms with van der Waals surface area (Å²) >= 11 is 5.95. The Kier molecular flexibility index (Phi) is 6.59. The Morgan fingerprint density at radius 1 is 1.08 bits per heavy atom. The summed E-state index contributed by atoms with van der Waals surface area (Å²) in [4.78, 5) is 0. The van der Waals surface area contributed by atoms with Gasteiger partial charge in [0.25, 0.3) is 5.82 Å². The summed E-state index contributed by atoms with van der Waals surface area (Å²) in [5.74, 6) is 1.16. The topological polar surface area (TPSA) is 21.2 Å². The molecule has 0 atom stereocenters. The molecule has 0 spiro atoms. The number of aromatic nitrogens is 2. The maximum atomic E-state index is 5.95. The molecule has 1 aromatic heterocycles. The van der Waals surface area contributed by atoms with Crippen LogP contribution in [0.5, 0.6) is 0 Å². The van der Waals surface area contributed by atoms with Gasteiger partial charge in [0.1, 0.15) is 12.7 Å². The van der Waals surface area contributed by atoms with Crippen molar-refractivity contribution in [3.05, 3.63) is 89.0 Å². The summed E-state index contributed by atoms with van der Waals surface area (Å²) in [7, 11) is 0. The third-order valence-corrected chi connectivity index (χ3v) is 3.95. The van der Waals surface area contributed by atoms with Crippen molar-refractivity contribution >= 4 is 17.8 Å². The first-order valence-electron chi connectivity index (χ1n) is 7.70. The molecule has 0 bridgehead atoms. The number of hydrogen-bond donors (Lipinski definition) is 0. The molecule has 0 N–H and O–H groups in total. The molecule has 2 aromatic carbocycles. The zero-order valence-electron chi connectivity index (χ0n) is 13.4. The van der Waals surface area contributed by atoms with Crippen LogP contribution in [0.25, 0.3) is 0 Å². The molecular formula is C19H19Cl2N3. The number of hydrogen-bond acceptors (Lipinski definition) is 1. The second-order valence-corrected chi connectivity index (χ2v) is 5.76. The molecule has 124 valence electrons. The lowest BCUT2D eigenvalue weighted by atomic mass is 10.2. The molecule has 3 rings (SSSR count). The lowest BCUT2D eigenvalue weighted by Gasteiger charge is -2.01. The summed E-state index contributed by atoms with van der Waals surface area (Å²) in [5.41, 5.74) is 2.31. The van der Waals surface area contributed by atoms with Gasteiger partial charge in [-0.25, -0.2) is 4.57 Å². The fraction of sp³-hybridized carbons (Fsp3) is 0.158. The van der Waals surface area contributed by atoms with Crippen molar-refractivity contribution in [1.29, 1.82) is 0 Å². The van der Waals surface area contributed by atoms with Crippen molar-refractivity contribution in [3.63, 3.8) is 0 Å². The minimum absolute atomic E-state index is 0. The smallest absolute Gasteiger partial charge is 0.282 e. The van der Waals surface area contributed by atoms with E-state index in [1.54, 1.807) is 0 Å². The molecule has 0 amide bonds. The highest BCUT2D eigenvalue weighted by Gasteiger charge is 2.15. The fourth-order valence-corrected chi connectivity index (χ4v) is 2.64. The Morgan fingerprint density at radius 2 is 1.79 bits per heavy atom. The Labute approximate surface area is 153 Å². The number of rotatable bonds is 5. The van der Waals surface area contributed by atoms with E-state index in [-0.39, 0.29) is 12.4 Å². The van der Waals surface area contributed by atoms with Gasteiger partial charge in [-0.1, -0.05) is 66.1 Å². The molecule has 0 aliphatic carbocycles. The first kappa shape index (κ1) is 18.2. The average molecular weight is 360 g/mol. The fourth-order valence-electron chi connectivity index (χ4n) is 2.52. The van der Waals surface area contributed by atoms with E-state index < -0.39 is 0 Å². The molecule has 0 saturated heterocycles. The maximum Gasteiger partial charge on any atom is 0.282 e. The summed E-state index contributed by atoms with van der Waals surface area (Å²) in [6.45, 7) is 2.95. The second kappa shape index (κ2) is 8.67. The molecule has 0 aliphatic heterocycles. The molecule has 0 fully saturated rings. The van der Waals surface area contributed by atoms with Crippen molar-refractivity contribution in [2.75, 3.05) is 0 Å². The van der Waals surface area contributed by atoms with E-state index >= 15 is 0 Å². The first-order valence-corrected chi connectivity index (χ1v) is 8.07. The van der Waals surface area contributed by atoms with Gasteiger partial charge in [-0.3, -0.25) is 0 Å². The van der Waals surface area contributed by atoms with Crippen molar-refractivity contribution in [2.24, 2.45) is 5.10 Å². The van der Waals surface area contributed by atoms with Crippen molar-refractivity contribution in [2.45, 2.75) is 19.9 Å². The van der Waals surface area contributed by atoms with Gasteiger partial charge in [-0.2, -0.15) is 0 Å². The van der Waals surface area contributed by atoms with E-state index in [4.69, 9.17) is 11.6 Å². The van der Waals surface area contributed by atoms with Crippen molar-refractivity contribution in [1.82, 2.24) is 4.57 Å². The van der Waals surface area contributed by atoms with Gasteiger partial charge in [0.15, 0.2) is 6.20 Å². The number of imidazole rings is 1. The van der Waals surface area contributed by atoms with Gasteiger partial charge in [0.2, 0.25) is 0 Å². The zero-order chi connectivity index (χ0) is 16.1. The van der Waals surface area contributed by atoms with Crippen LogP contribution in [-0.2, 0) is 13.0 Å². The van der Waals surface area contributed by atoms with E-state index in [1.165, 1.54) is 5.56 Å². The standard InChI is InChI=1S/C19H19ClN3.ClH/c1-2-19-22(15-17-8-10-18(20)11-9-17)12-13-23(19)21-14-16-6-4-3-5-7-16;/h3-14H,2,15H2,1H3;1H/q+1;/p-1/b21-14+;. The minimum atomic E-state index is 0. The van der Waals surface area contributed by atoms with E-state index in [0.29, 0.717) is 0 Å². The predicted molar refractivity (Wildman–Crippen MR) is 94.0 cm³/mol. The molecule has 0 saturated carbocycles. The van der Waals surface area contributed by atoms with Crippen molar-refractivity contribution < 1.29 is 17.1 Å². The molecule has 3 nitrogen and oxygen atoms in total. The van der Waals surface area contributed by atoms with E-state index in [0.717, 1.165) is 29.4 Å². The number of nitrogens with zero attached hydrogens (tertiary/aromatic N) is 3. The Hall–Kier alpha value is -2.10. The first-order chi connectivity index (χ1) is 11.3. The van der Waals surface area contributed by atoms with E-state index in [1.807, 2.05) is 59.6 Å². The number of benzene rings is 2. The van der Waals surface area contributed by atoms with Gasteiger partial charge < -0.3 is 12.4 Å². The van der Waals surface area contributed by atoms with Crippen LogP contribution >= 0.6 is 11.6 Å². The summed E-state index contributed by atoms with van der Waals surface area (Å²) < 4.78 is 4.15. The lowest BCUT2D eigenvalue weighted by molar-refractivity contribution is -0.685. The molecule has 3 aromatic rings. The monoisotopic (exact) mass is 359 g/mol. The normalized spacial score (nSPS) is 10.8. The summed E-state index contributed by atoms with van der Waals surface area (Å²) in [6.07, 6.45) is 6.85. The minimum Gasteiger partial charge on any atom is -1.00 e. The lowest BCUT2D eigenvalue weighted by Crippen LogP contribution is -3.00. The quantitative estimate of drug-likeness (QED) is 0.477. The van der Waals surface area contributed by atoms with Crippen LogP contribution in [0.2, 0.25) is 5.02 Å². The van der Waals surface area contributed by atoms with Crippen LogP contribution in [-0.4, -0.2) is 10.8 Å². The van der Waals surface area contributed by atoms with Gasteiger partial charge in [-0.05, 0) is 23.3 Å². The van der Waals surface area contributed by atoms with E-state index in [2.05, 4.69) is 34.9 Å². The largest absolute Gasteiger partial charge is 1.00 e. The van der Waals surface area contributed by atoms with Gasteiger partial charge in [0, 0.05) is 11.4 Å². The Bertz CT molecular complexity index is 793. The van der Waals surface area contributed by atoms with Crippen LogP contribution in [0.15, 0.2) is 72.1 Å².